The highest BCUT2D eigenvalue weighted by atomic mass is 32.2. The van der Waals surface area contributed by atoms with E-state index in [4.69, 9.17) is 15.2 Å². The molecule has 6 rings (SSSR count). The second-order valence-electron chi connectivity index (χ2n) is 14.1. The molecule has 0 bridgehead atoms. The van der Waals surface area contributed by atoms with Gasteiger partial charge in [0.25, 0.3) is 0 Å². The molecule has 1 unspecified atom stereocenters. The third-order valence-electron chi connectivity index (χ3n) is 10.8. The average Bonchev–Trinajstić information content (AvgIpc) is 3.54. The number of nitrogens with zero attached hydrogens (tertiary/aromatic N) is 2. The number of benzene rings is 1. The van der Waals surface area contributed by atoms with E-state index < -0.39 is 44.8 Å². The van der Waals surface area contributed by atoms with Gasteiger partial charge in [-0.1, -0.05) is 50.6 Å². The number of methoxy groups -OCH3 is 1. The van der Waals surface area contributed by atoms with Crippen molar-refractivity contribution in [1.82, 2.24) is 14.6 Å². The summed E-state index contributed by atoms with van der Waals surface area (Å²) in [5, 5.41) is 0.980. The summed E-state index contributed by atoms with van der Waals surface area (Å²) in [5.74, 6) is -0.366. The van der Waals surface area contributed by atoms with E-state index in [-0.39, 0.29) is 42.9 Å². The van der Waals surface area contributed by atoms with E-state index in [0.717, 1.165) is 36.5 Å². The maximum absolute atomic E-state index is 14.3. The zero-order valence-electron chi connectivity index (χ0n) is 27.4. The molecule has 1 aromatic heterocycles. The number of hydrogen-bond acceptors (Lipinski definition) is 9. The van der Waals surface area contributed by atoms with Crippen molar-refractivity contribution in [2.24, 2.45) is 28.9 Å². The first-order valence-corrected chi connectivity index (χ1v) is 18.4. The van der Waals surface area contributed by atoms with Gasteiger partial charge in [0.15, 0.2) is 5.78 Å². The van der Waals surface area contributed by atoms with Gasteiger partial charge in [0.1, 0.15) is 11.9 Å². The number of carbonyl (C=O) groups is 3. The Bertz CT molecular complexity index is 1670. The average molecular weight is 667 g/mol. The van der Waals surface area contributed by atoms with Gasteiger partial charge in [-0.2, -0.15) is 0 Å². The van der Waals surface area contributed by atoms with Crippen LogP contribution in [0.25, 0.3) is 10.8 Å². The molecule has 2 aliphatic heterocycles. The number of fused-ring (bicyclic) bond motifs is 3. The molecule has 12 heteroatoms. The van der Waals surface area contributed by atoms with Crippen molar-refractivity contribution in [2.45, 2.75) is 95.1 Å². The van der Waals surface area contributed by atoms with Gasteiger partial charge in [0.05, 0.1) is 42.6 Å². The van der Waals surface area contributed by atoms with Crippen LogP contribution in [-0.4, -0.2) is 73.0 Å². The third-order valence-corrected chi connectivity index (χ3v) is 12.6. The number of rotatable bonds is 6. The molecule has 7 atom stereocenters. The van der Waals surface area contributed by atoms with E-state index in [2.05, 4.69) is 16.6 Å². The van der Waals surface area contributed by atoms with Crippen LogP contribution in [0.1, 0.15) is 71.6 Å². The molecule has 254 valence electrons. The van der Waals surface area contributed by atoms with E-state index in [1.54, 1.807) is 13.3 Å². The maximum atomic E-state index is 14.3. The number of aromatic nitrogens is 1. The minimum absolute atomic E-state index is 0.114. The Morgan fingerprint density at radius 2 is 1.85 bits per heavy atom. The molecule has 0 radical (unpaired) electrons. The smallest absolute Gasteiger partial charge is 0.240 e. The van der Waals surface area contributed by atoms with Crippen LogP contribution in [0.2, 0.25) is 0 Å². The highest BCUT2D eigenvalue weighted by molar-refractivity contribution is 7.90. The Balaban J connectivity index is 1.30. The fourth-order valence-corrected chi connectivity index (χ4v) is 9.10. The molecular formula is C35H46N4O7S. The fourth-order valence-electron chi connectivity index (χ4n) is 7.52. The molecule has 3 N–H and O–H groups in total. The first-order valence-electron chi connectivity index (χ1n) is 16.8. The number of pyridine rings is 1. The van der Waals surface area contributed by atoms with Gasteiger partial charge in [-0.25, -0.2) is 13.4 Å². The number of Topliss-reactive ketones (excluding diaryl/α,β-unsaturated/α-hetero) is 1. The van der Waals surface area contributed by atoms with Gasteiger partial charge < -0.3 is 20.1 Å². The van der Waals surface area contributed by atoms with E-state index in [1.807, 2.05) is 43.3 Å². The standard InChI is InChI=1S/C35H46N4O7S/c1-21-9-4-5-10-23-17-35(23,34(42)38-47(43,44)25-11-8-12-25)18-29(40)28-16-24(20-39(28)33(41)31(36)22(2)15-21)46-32-27-14-7-6-13-26(27)30(45-3)19-37-32/h5-7,10,13-14,19,21-25,28,31H,4,8-9,11-12,15-18,20,36H2,1-3H3,(H,38,42)/b10-5-/t21?,22-,23-,24-,28+,31+,35-/m1/s1. The molecule has 4 aliphatic rings. The van der Waals surface area contributed by atoms with Crippen LogP contribution in [0.5, 0.6) is 11.6 Å². The van der Waals surface area contributed by atoms with Gasteiger partial charge in [0.2, 0.25) is 27.7 Å². The summed E-state index contributed by atoms with van der Waals surface area (Å²) >= 11 is 0. The molecule has 47 heavy (non-hydrogen) atoms. The van der Waals surface area contributed by atoms with E-state index >= 15 is 0 Å². The summed E-state index contributed by atoms with van der Waals surface area (Å²) in [7, 11) is -2.26. The predicted molar refractivity (Wildman–Crippen MR) is 177 cm³/mol. The van der Waals surface area contributed by atoms with Gasteiger partial charge in [-0.3, -0.25) is 19.1 Å². The van der Waals surface area contributed by atoms with Gasteiger partial charge >= 0.3 is 0 Å². The minimum Gasteiger partial charge on any atom is -0.494 e. The number of nitrogens with one attached hydrogen (secondary N) is 1. The molecule has 1 saturated heterocycles. The van der Waals surface area contributed by atoms with Crippen LogP contribution >= 0.6 is 0 Å². The number of sulfonamides is 1. The van der Waals surface area contributed by atoms with Gasteiger partial charge in [-0.05, 0) is 62.3 Å². The number of ketones is 1. The van der Waals surface area contributed by atoms with E-state index in [0.29, 0.717) is 36.8 Å². The van der Waals surface area contributed by atoms with Crippen molar-refractivity contribution in [3.05, 3.63) is 42.6 Å². The molecular weight excluding hydrogens is 620 g/mol. The second-order valence-corrected chi connectivity index (χ2v) is 16.1. The zero-order valence-corrected chi connectivity index (χ0v) is 28.2. The van der Waals surface area contributed by atoms with Crippen molar-refractivity contribution in [1.29, 1.82) is 0 Å². The number of carbonyl (C=O) groups excluding carboxylic acids is 3. The fraction of sp³-hybridized carbons (Fsp3) is 0.600. The molecule has 2 aliphatic carbocycles. The molecule has 2 amide bonds. The van der Waals surface area contributed by atoms with Crippen LogP contribution in [0.3, 0.4) is 0 Å². The van der Waals surface area contributed by atoms with E-state index in [9.17, 15) is 22.8 Å². The Morgan fingerprint density at radius 3 is 2.55 bits per heavy atom. The molecule has 11 nitrogen and oxygen atoms in total. The SMILES string of the molecule is COc1cnc(O[C@@H]2C[C@H]3C(=O)C[C@]4(C(=O)NS(=O)(=O)C5CCC5)C[C@H]4/C=C\CCC(C)C[C@@H](C)[C@H](N)C(=O)N3C2)c2ccccc12. The number of nitrogens with two attached hydrogens (primary N) is 1. The topological polar surface area (TPSA) is 158 Å². The Hall–Kier alpha value is -3.51. The molecule has 0 spiro atoms. The van der Waals surface area contributed by atoms with Crippen molar-refractivity contribution in [2.75, 3.05) is 13.7 Å². The van der Waals surface area contributed by atoms with Crippen molar-refractivity contribution < 1.29 is 32.3 Å². The highest BCUT2D eigenvalue weighted by Gasteiger charge is 2.61. The van der Waals surface area contributed by atoms with E-state index in [1.165, 1.54) is 4.90 Å². The summed E-state index contributed by atoms with van der Waals surface area (Å²) in [6, 6.07) is 5.86. The summed E-state index contributed by atoms with van der Waals surface area (Å²) in [6.07, 6.45) is 9.68. The van der Waals surface area contributed by atoms with Crippen LogP contribution in [0.15, 0.2) is 42.6 Å². The van der Waals surface area contributed by atoms with Crippen molar-refractivity contribution in [3.63, 3.8) is 0 Å². The first-order chi connectivity index (χ1) is 22.4. The lowest BCUT2D eigenvalue weighted by molar-refractivity contribution is -0.140. The van der Waals surface area contributed by atoms with Crippen LogP contribution < -0.4 is 19.9 Å². The molecule has 2 aromatic rings. The Morgan fingerprint density at radius 1 is 1.11 bits per heavy atom. The highest BCUT2D eigenvalue weighted by Crippen LogP contribution is 2.57. The number of allylic oxidation sites excluding steroid dienone is 2. The van der Waals surface area contributed by atoms with Crippen molar-refractivity contribution in [3.8, 4) is 11.6 Å². The lowest BCUT2D eigenvalue weighted by Crippen LogP contribution is -2.52. The lowest BCUT2D eigenvalue weighted by Gasteiger charge is -2.30. The monoisotopic (exact) mass is 666 g/mol. The predicted octanol–water partition coefficient (Wildman–Crippen LogP) is 3.90. The van der Waals surface area contributed by atoms with Gasteiger partial charge in [-0.15, -0.1) is 0 Å². The molecule has 3 heterocycles. The molecule has 1 aromatic carbocycles. The zero-order chi connectivity index (χ0) is 33.5. The normalized spacial score (nSPS) is 32.7. The Kier molecular flexibility index (Phi) is 9.37. The summed E-state index contributed by atoms with van der Waals surface area (Å²) in [4.78, 5) is 48.0. The summed E-state index contributed by atoms with van der Waals surface area (Å²) in [6.45, 7) is 4.24. The number of ether oxygens (including phenoxy) is 2. The molecule has 3 fully saturated rings. The van der Waals surface area contributed by atoms with Crippen LogP contribution in [0.4, 0.5) is 0 Å². The lowest BCUT2D eigenvalue weighted by atomic mass is 9.88. The first kappa shape index (κ1) is 33.4. The van der Waals surface area contributed by atoms with Crippen LogP contribution in [-0.2, 0) is 24.4 Å². The quantitative estimate of drug-likeness (QED) is 0.437. The minimum atomic E-state index is -3.83. The number of amides is 2. The second kappa shape index (κ2) is 13.2. The van der Waals surface area contributed by atoms with Gasteiger partial charge in [0, 0.05) is 23.6 Å². The molecule has 2 saturated carbocycles. The van der Waals surface area contributed by atoms with Crippen molar-refractivity contribution >= 4 is 38.4 Å². The Labute approximate surface area is 276 Å². The summed E-state index contributed by atoms with van der Waals surface area (Å²) < 4.78 is 40.1. The number of hydrogen-bond donors (Lipinski definition) is 2. The third kappa shape index (κ3) is 6.63. The largest absolute Gasteiger partial charge is 0.494 e. The maximum Gasteiger partial charge on any atom is 0.240 e. The van der Waals surface area contributed by atoms with Crippen LogP contribution in [0, 0.1) is 23.2 Å². The summed E-state index contributed by atoms with van der Waals surface area (Å²) in [5.41, 5.74) is 5.39.